The summed E-state index contributed by atoms with van der Waals surface area (Å²) >= 11 is 3.46. The Morgan fingerprint density at radius 3 is 2.19 bits per heavy atom. The maximum Gasteiger partial charge on any atom is 0.277 e. The van der Waals surface area contributed by atoms with E-state index in [1.165, 1.54) is 0 Å². The van der Waals surface area contributed by atoms with Gasteiger partial charge in [-0.1, -0.05) is 70.5 Å². The summed E-state index contributed by atoms with van der Waals surface area (Å²) in [4.78, 5) is 12.2. The highest BCUT2D eigenvalue weighted by Crippen LogP contribution is 2.20. The van der Waals surface area contributed by atoms with Crippen molar-refractivity contribution in [3.05, 3.63) is 124 Å². The van der Waals surface area contributed by atoms with Gasteiger partial charge in [0.2, 0.25) is 0 Å². The first-order valence-corrected chi connectivity index (χ1v) is 12.1. The minimum absolute atomic E-state index is 0.164. The van der Waals surface area contributed by atoms with Crippen LogP contribution in [0.15, 0.2) is 113 Å². The molecule has 0 saturated heterocycles. The normalized spacial score (nSPS) is 10.7. The molecule has 7 heteroatoms. The monoisotopic (exact) mass is 544 g/mol. The molecule has 36 heavy (non-hydrogen) atoms. The number of para-hydroxylation sites is 1. The van der Waals surface area contributed by atoms with Crippen molar-refractivity contribution in [1.82, 2.24) is 5.43 Å². The maximum atomic E-state index is 12.2. The van der Waals surface area contributed by atoms with Crippen molar-refractivity contribution in [3.8, 4) is 17.2 Å². The van der Waals surface area contributed by atoms with Gasteiger partial charge in [-0.05, 0) is 59.7 Å². The van der Waals surface area contributed by atoms with Gasteiger partial charge in [-0.25, -0.2) is 5.43 Å². The lowest BCUT2D eigenvalue weighted by Crippen LogP contribution is -2.24. The zero-order chi connectivity index (χ0) is 25.0. The summed E-state index contributed by atoms with van der Waals surface area (Å²) in [6.07, 6.45) is 1.55. The third-order valence-corrected chi connectivity index (χ3v) is 5.53. The van der Waals surface area contributed by atoms with E-state index in [9.17, 15) is 4.79 Å². The van der Waals surface area contributed by atoms with Crippen LogP contribution in [-0.2, 0) is 18.0 Å². The second-order valence-corrected chi connectivity index (χ2v) is 8.70. The van der Waals surface area contributed by atoms with E-state index in [4.69, 9.17) is 14.2 Å². The Morgan fingerprint density at radius 1 is 0.750 bits per heavy atom. The molecule has 6 nitrogen and oxygen atoms in total. The second kappa shape index (κ2) is 13.1. The van der Waals surface area contributed by atoms with E-state index < -0.39 is 0 Å². The quantitative estimate of drug-likeness (QED) is 0.182. The lowest BCUT2D eigenvalue weighted by molar-refractivity contribution is -0.123. The summed E-state index contributed by atoms with van der Waals surface area (Å²) in [6, 6.07) is 32.5. The van der Waals surface area contributed by atoms with Crippen molar-refractivity contribution in [3.63, 3.8) is 0 Å². The number of rotatable bonds is 11. The van der Waals surface area contributed by atoms with Crippen LogP contribution >= 0.6 is 15.9 Å². The van der Waals surface area contributed by atoms with Crippen LogP contribution in [0.4, 0.5) is 0 Å². The minimum atomic E-state index is -0.372. The molecule has 0 unspecified atom stereocenters. The van der Waals surface area contributed by atoms with Crippen LogP contribution in [0.1, 0.15) is 16.7 Å². The van der Waals surface area contributed by atoms with Gasteiger partial charge in [-0.15, -0.1) is 0 Å². The number of carbonyl (C=O) groups is 1. The largest absolute Gasteiger partial charge is 0.489 e. The van der Waals surface area contributed by atoms with Gasteiger partial charge in [0.25, 0.3) is 5.91 Å². The topological polar surface area (TPSA) is 69.2 Å². The first-order chi connectivity index (χ1) is 17.7. The third kappa shape index (κ3) is 7.99. The fourth-order valence-electron chi connectivity index (χ4n) is 3.23. The molecule has 4 rings (SSSR count). The lowest BCUT2D eigenvalue weighted by atomic mass is 10.2. The van der Waals surface area contributed by atoms with E-state index in [1.54, 1.807) is 30.5 Å². The van der Waals surface area contributed by atoms with Crippen molar-refractivity contribution in [2.75, 3.05) is 6.61 Å². The number of hydrazone groups is 1. The molecule has 0 aliphatic heterocycles. The van der Waals surface area contributed by atoms with E-state index in [0.717, 1.165) is 26.9 Å². The number of benzene rings is 4. The highest BCUT2D eigenvalue weighted by atomic mass is 79.9. The molecule has 4 aromatic carbocycles. The van der Waals surface area contributed by atoms with Crippen LogP contribution < -0.4 is 19.6 Å². The molecule has 0 heterocycles. The number of hydrogen-bond acceptors (Lipinski definition) is 5. The molecular weight excluding hydrogens is 520 g/mol. The average molecular weight is 545 g/mol. The fraction of sp³-hybridized carbons (Fsp3) is 0.103. The van der Waals surface area contributed by atoms with Crippen molar-refractivity contribution < 1.29 is 19.0 Å². The number of halogens is 1. The van der Waals surface area contributed by atoms with E-state index in [2.05, 4.69) is 26.5 Å². The van der Waals surface area contributed by atoms with Crippen LogP contribution in [0.5, 0.6) is 17.2 Å². The average Bonchev–Trinajstić information content (AvgIpc) is 2.91. The molecule has 0 spiro atoms. The zero-order valence-electron chi connectivity index (χ0n) is 19.5. The Morgan fingerprint density at radius 2 is 1.42 bits per heavy atom. The van der Waals surface area contributed by atoms with Crippen LogP contribution in [0.3, 0.4) is 0 Å². The Bertz CT molecular complexity index is 1290. The van der Waals surface area contributed by atoms with Gasteiger partial charge in [-0.3, -0.25) is 4.79 Å². The van der Waals surface area contributed by atoms with Crippen LogP contribution in [0.25, 0.3) is 0 Å². The summed E-state index contributed by atoms with van der Waals surface area (Å²) in [5.41, 5.74) is 5.36. The summed E-state index contributed by atoms with van der Waals surface area (Å²) in [6.45, 7) is 0.739. The molecule has 0 aliphatic carbocycles. The van der Waals surface area contributed by atoms with E-state index in [-0.39, 0.29) is 12.5 Å². The Hall–Kier alpha value is -4.10. The predicted molar refractivity (Wildman–Crippen MR) is 143 cm³/mol. The second-order valence-electron chi connectivity index (χ2n) is 7.78. The van der Waals surface area contributed by atoms with E-state index >= 15 is 0 Å². The molecule has 0 aromatic heterocycles. The number of ether oxygens (including phenoxy) is 3. The van der Waals surface area contributed by atoms with Gasteiger partial charge in [0, 0.05) is 10.0 Å². The van der Waals surface area contributed by atoms with Gasteiger partial charge in [0.15, 0.2) is 6.61 Å². The zero-order valence-corrected chi connectivity index (χ0v) is 21.1. The molecule has 0 aliphatic rings. The summed E-state index contributed by atoms with van der Waals surface area (Å²) in [5.74, 6) is 1.58. The van der Waals surface area contributed by atoms with Gasteiger partial charge in [0.05, 0.1) is 6.21 Å². The molecule has 1 N–H and O–H groups in total. The molecule has 0 fully saturated rings. The van der Waals surface area contributed by atoms with Crippen LogP contribution in [0.2, 0.25) is 0 Å². The minimum Gasteiger partial charge on any atom is -0.489 e. The van der Waals surface area contributed by atoms with E-state index in [1.807, 2.05) is 78.9 Å². The first kappa shape index (κ1) is 25.0. The SMILES string of the molecule is O=C(COc1ccc(OCc2ccccc2)cc1)NN=Cc1ccccc1OCc1cccc(Br)c1. The number of nitrogens with one attached hydrogen (secondary N) is 1. The molecule has 4 aromatic rings. The fourth-order valence-corrected chi connectivity index (χ4v) is 3.68. The standard InChI is InChI=1S/C29H25BrN2O4/c30-25-11-6-9-23(17-25)20-36-28-12-5-4-10-24(28)18-31-32-29(33)21-35-27-15-13-26(14-16-27)34-19-22-7-2-1-3-8-22/h1-18H,19-21H2,(H,32,33). The number of amides is 1. The van der Waals surface area contributed by atoms with Gasteiger partial charge < -0.3 is 14.2 Å². The van der Waals surface area contributed by atoms with E-state index in [0.29, 0.717) is 24.7 Å². The van der Waals surface area contributed by atoms with Gasteiger partial charge >= 0.3 is 0 Å². The number of carbonyl (C=O) groups excluding carboxylic acids is 1. The van der Waals surface area contributed by atoms with Gasteiger partial charge in [0.1, 0.15) is 30.5 Å². The summed E-state index contributed by atoms with van der Waals surface area (Å²) in [5, 5.41) is 4.04. The maximum absolute atomic E-state index is 12.2. The van der Waals surface area contributed by atoms with Crippen molar-refractivity contribution in [1.29, 1.82) is 0 Å². The first-order valence-electron chi connectivity index (χ1n) is 11.3. The number of nitrogens with zero attached hydrogens (tertiary/aromatic N) is 1. The Labute approximate surface area is 218 Å². The Kier molecular flexibility index (Phi) is 9.11. The molecule has 0 atom stereocenters. The lowest BCUT2D eigenvalue weighted by Gasteiger charge is -2.09. The van der Waals surface area contributed by atoms with Crippen LogP contribution in [-0.4, -0.2) is 18.7 Å². The molecule has 0 saturated carbocycles. The smallest absolute Gasteiger partial charge is 0.277 e. The van der Waals surface area contributed by atoms with Crippen molar-refractivity contribution >= 4 is 28.1 Å². The third-order valence-electron chi connectivity index (χ3n) is 5.04. The predicted octanol–water partition coefficient (Wildman–Crippen LogP) is 6.14. The molecule has 1 amide bonds. The molecule has 182 valence electrons. The van der Waals surface area contributed by atoms with Gasteiger partial charge in [-0.2, -0.15) is 5.10 Å². The highest BCUT2D eigenvalue weighted by Gasteiger charge is 2.05. The molecular formula is C29H25BrN2O4. The summed E-state index contributed by atoms with van der Waals surface area (Å²) in [7, 11) is 0. The molecule has 0 radical (unpaired) electrons. The van der Waals surface area contributed by atoms with Crippen LogP contribution in [0, 0.1) is 0 Å². The van der Waals surface area contributed by atoms with Crippen molar-refractivity contribution in [2.45, 2.75) is 13.2 Å². The highest BCUT2D eigenvalue weighted by molar-refractivity contribution is 9.10. The molecule has 0 bridgehead atoms. The summed E-state index contributed by atoms with van der Waals surface area (Å²) < 4.78 is 18.2. The Balaban J connectivity index is 1.22. The number of hydrogen-bond donors (Lipinski definition) is 1. The van der Waals surface area contributed by atoms with Crippen molar-refractivity contribution in [2.24, 2.45) is 5.10 Å².